The third kappa shape index (κ3) is 5.84. The molecular weight excluding hydrogens is 350 g/mol. The zero-order valence-corrected chi connectivity index (χ0v) is 16.3. The van der Waals surface area contributed by atoms with E-state index in [4.69, 9.17) is 13.9 Å². The summed E-state index contributed by atoms with van der Waals surface area (Å²) < 4.78 is 15.6. The van der Waals surface area contributed by atoms with Gasteiger partial charge < -0.3 is 19.2 Å². The summed E-state index contributed by atoms with van der Waals surface area (Å²) in [6.07, 6.45) is 0.932. The molecule has 0 bridgehead atoms. The maximum atomic E-state index is 12.2. The Bertz CT molecular complexity index is 893. The van der Waals surface area contributed by atoms with Gasteiger partial charge in [0.1, 0.15) is 23.0 Å². The first-order valence-corrected chi connectivity index (χ1v) is 8.87. The standard InChI is InChI=1S/C20H25NO6/c1-6-7-13-10-17(22)26-16-11-14(8-9-15(13)16)25-18(23)12(2)21-19(24)27-20(3,4)5/h8-12H,6-7H2,1-5H3,(H,21,24)/t12-/m0/s1. The van der Waals surface area contributed by atoms with Crippen molar-refractivity contribution >= 4 is 23.0 Å². The molecule has 27 heavy (non-hydrogen) atoms. The van der Waals surface area contributed by atoms with Gasteiger partial charge >= 0.3 is 17.7 Å². The Balaban J connectivity index is 2.12. The summed E-state index contributed by atoms with van der Waals surface area (Å²) in [4.78, 5) is 35.7. The number of amides is 1. The molecule has 1 N–H and O–H groups in total. The number of rotatable bonds is 5. The summed E-state index contributed by atoms with van der Waals surface area (Å²) in [6, 6.07) is 5.43. The Morgan fingerprint density at radius 1 is 1.22 bits per heavy atom. The summed E-state index contributed by atoms with van der Waals surface area (Å²) in [5, 5.41) is 3.22. The number of ether oxygens (including phenoxy) is 2. The van der Waals surface area contributed by atoms with Crippen LogP contribution < -0.4 is 15.7 Å². The number of alkyl carbamates (subject to hydrolysis) is 1. The summed E-state index contributed by atoms with van der Waals surface area (Å²) in [6.45, 7) is 8.70. The molecule has 0 fully saturated rings. The number of aryl methyl sites for hydroxylation is 1. The maximum absolute atomic E-state index is 12.2. The number of hydrogen-bond acceptors (Lipinski definition) is 6. The SMILES string of the molecule is CCCc1cc(=O)oc2cc(OC(=O)[C@H](C)NC(=O)OC(C)(C)C)ccc12. The Labute approximate surface area is 157 Å². The van der Waals surface area contributed by atoms with Gasteiger partial charge in [-0.05, 0) is 51.8 Å². The molecule has 146 valence electrons. The van der Waals surface area contributed by atoms with Crippen LogP contribution in [0.25, 0.3) is 11.0 Å². The molecule has 0 aliphatic rings. The lowest BCUT2D eigenvalue weighted by atomic mass is 10.1. The first-order valence-electron chi connectivity index (χ1n) is 8.87. The van der Waals surface area contributed by atoms with Gasteiger partial charge in [-0.2, -0.15) is 0 Å². The number of hydrogen-bond donors (Lipinski definition) is 1. The van der Waals surface area contributed by atoms with E-state index in [1.54, 1.807) is 32.9 Å². The second-order valence-electron chi connectivity index (χ2n) is 7.29. The van der Waals surface area contributed by atoms with Gasteiger partial charge in [-0.1, -0.05) is 13.3 Å². The van der Waals surface area contributed by atoms with E-state index in [0.717, 1.165) is 23.8 Å². The van der Waals surface area contributed by atoms with E-state index in [1.807, 2.05) is 6.92 Å². The van der Waals surface area contributed by atoms with Crippen molar-refractivity contribution in [1.29, 1.82) is 0 Å². The molecule has 1 amide bonds. The number of carbonyl (C=O) groups is 2. The lowest BCUT2D eigenvalue weighted by Crippen LogP contribution is -2.43. The van der Waals surface area contributed by atoms with E-state index in [1.165, 1.54) is 19.1 Å². The molecule has 0 saturated carbocycles. The van der Waals surface area contributed by atoms with Crippen molar-refractivity contribution < 1.29 is 23.5 Å². The molecule has 0 aliphatic heterocycles. The summed E-state index contributed by atoms with van der Waals surface area (Å²) in [5.41, 5.74) is 0.125. The van der Waals surface area contributed by atoms with Crippen LogP contribution in [0.3, 0.4) is 0 Å². The molecule has 7 heteroatoms. The minimum Gasteiger partial charge on any atom is -0.444 e. The summed E-state index contributed by atoms with van der Waals surface area (Å²) >= 11 is 0. The van der Waals surface area contributed by atoms with Gasteiger partial charge in [0.15, 0.2) is 0 Å². The van der Waals surface area contributed by atoms with E-state index in [0.29, 0.717) is 5.58 Å². The van der Waals surface area contributed by atoms with Crippen molar-refractivity contribution in [1.82, 2.24) is 5.32 Å². The molecule has 0 radical (unpaired) electrons. The van der Waals surface area contributed by atoms with Gasteiger partial charge in [-0.15, -0.1) is 0 Å². The van der Waals surface area contributed by atoms with Gasteiger partial charge in [0.05, 0.1) is 0 Å². The van der Waals surface area contributed by atoms with E-state index >= 15 is 0 Å². The van der Waals surface area contributed by atoms with E-state index in [2.05, 4.69) is 5.32 Å². The summed E-state index contributed by atoms with van der Waals surface area (Å²) in [5.74, 6) is -0.436. The molecule has 1 aromatic heterocycles. The topological polar surface area (TPSA) is 94.8 Å². The Hall–Kier alpha value is -2.83. The highest BCUT2D eigenvalue weighted by Gasteiger charge is 2.22. The van der Waals surface area contributed by atoms with Crippen LogP contribution in [0.5, 0.6) is 5.75 Å². The third-order valence-corrected chi connectivity index (χ3v) is 3.63. The Kier molecular flexibility index (Phi) is 6.25. The molecule has 7 nitrogen and oxygen atoms in total. The van der Waals surface area contributed by atoms with Gasteiger partial charge in [0, 0.05) is 17.5 Å². The first kappa shape index (κ1) is 20.5. The fraction of sp³-hybridized carbons (Fsp3) is 0.450. The second-order valence-corrected chi connectivity index (χ2v) is 7.29. The van der Waals surface area contributed by atoms with Crippen LogP contribution in [-0.2, 0) is 16.0 Å². The van der Waals surface area contributed by atoms with Crippen molar-refractivity contribution in [2.75, 3.05) is 0 Å². The Morgan fingerprint density at radius 2 is 1.93 bits per heavy atom. The Morgan fingerprint density at radius 3 is 2.56 bits per heavy atom. The molecule has 1 atom stereocenters. The van der Waals surface area contributed by atoms with E-state index < -0.39 is 29.3 Å². The molecule has 1 heterocycles. The predicted molar refractivity (Wildman–Crippen MR) is 101 cm³/mol. The van der Waals surface area contributed by atoms with Crippen molar-refractivity contribution in [3.63, 3.8) is 0 Å². The maximum Gasteiger partial charge on any atom is 0.408 e. The highest BCUT2D eigenvalue weighted by atomic mass is 16.6. The minimum atomic E-state index is -0.908. The number of fused-ring (bicyclic) bond motifs is 1. The highest BCUT2D eigenvalue weighted by Crippen LogP contribution is 2.23. The van der Waals surface area contributed by atoms with Crippen molar-refractivity contribution in [2.24, 2.45) is 0 Å². The van der Waals surface area contributed by atoms with Gasteiger partial charge in [-0.3, -0.25) is 0 Å². The molecule has 0 spiro atoms. The molecule has 0 aliphatic carbocycles. The quantitative estimate of drug-likeness (QED) is 0.488. The fourth-order valence-electron chi connectivity index (χ4n) is 2.50. The predicted octanol–water partition coefficient (Wildman–Crippen LogP) is 3.56. The van der Waals surface area contributed by atoms with Crippen molar-refractivity contribution in [2.45, 2.75) is 59.1 Å². The lowest BCUT2D eigenvalue weighted by Gasteiger charge is -2.21. The van der Waals surface area contributed by atoms with Crippen LogP contribution in [-0.4, -0.2) is 23.7 Å². The van der Waals surface area contributed by atoms with Crippen molar-refractivity contribution in [3.8, 4) is 5.75 Å². The van der Waals surface area contributed by atoms with Crippen LogP contribution in [0.4, 0.5) is 4.79 Å². The molecule has 2 rings (SSSR count). The molecule has 2 aromatic rings. The van der Waals surface area contributed by atoms with Crippen LogP contribution >= 0.6 is 0 Å². The molecule has 0 saturated heterocycles. The van der Waals surface area contributed by atoms with Gasteiger partial charge in [0.2, 0.25) is 0 Å². The molecule has 0 unspecified atom stereocenters. The largest absolute Gasteiger partial charge is 0.444 e. The number of esters is 1. The van der Waals surface area contributed by atoms with Crippen LogP contribution in [0.15, 0.2) is 33.5 Å². The lowest BCUT2D eigenvalue weighted by molar-refractivity contribution is -0.136. The fourth-order valence-corrected chi connectivity index (χ4v) is 2.50. The number of carbonyl (C=O) groups excluding carboxylic acids is 2. The average Bonchev–Trinajstić information content (AvgIpc) is 2.52. The van der Waals surface area contributed by atoms with Gasteiger partial charge in [0.25, 0.3) is 0 Å². The monoisotopic (exact) mass is 375 g/mol. The van der Waals surface area contributed by atoms with Crippen LogP contribution in [0, 0.1) is 0 Å². The minimum absolute atomic E-state index is 0.224. The van der Waals surface area contributed by atoms with Crippen LogP contribution in [0.2, 0.25) is 0 Å². The van der Waals surface area contributed by atoms with E-state index in [9.17, 15) is 14.4 Å². The summed E-state index contributed by atoms with van der Waals surface area (Å²) in [7, 11) is 0. The van der Waals surface area contributed by atoms with Gasteiger partial charge in [-0.25, -0.2) is 14.4 Å². The average molecular weight is 375 g/mol. The molecular formula is C20H25NO6. The third-order valence-electron chi connectivity index (χ3n) is 3.63. The van der Waals surface area contributed by atoms with Crippen LogP contribution in [0.1, 0.15) is 46.6 Å². The second kappa shape index (κ2) is 8.24. The van der Waals surface area contributed by atoms with Crippen molar-refractivity contribution in [3.05, 3.63) is 40.2 Å². The smallest absolute Gasteiger partial charge is 0.408 e. The highest BCUT2D eigenvalue weighted by molar-refractivity contribution is 5.85. The zero-order chi connectivity index (χ0) is 20.2. The number of benzene rings is 1. The van der Waals surface area contributed by atoms with E-state index in [-0.39, 0.29) is 5.75 Å². The molecule has 1 aromatic carbocycles. The zero-order valence-electron chi connectivity index (χ0n) is 16.3. The number of nitrogens with one attached hydrogen (secondary N) is 1. The normalized spacial score (nSPS) is 12.5. The first-order chi connectivity index (χ1) is 12.6.